The number of hydrogen-bond acceptors (Lipinski definition) is 2. The van der Waals surface area contributed by atoms with Crippen molar-refractivity contribution in [3.63, 3.8) is 0 Å². The fourth-order valence-corrected chi connectivity index (χ4v) is 2.52. The largest absolute Gasteiger partial charge is 0.480 e. The normalized spacial score (nSPS) is 17.9. The maximum absolute atomic E-state index is 13.7. The Morgan fingerprint density at radius 2 is 2.11 bits per heavy atom. The van der Waals surface area contributed by atoms with E-state index in [0.717, 1.165) is 31.7 Å². The van der Waals surface area contributed by atoms with E-state index >= 15 is 0 Å². The van der Waals surface area contributed by atoms with Gasteiger partial charge in [0.2, 0.25) is 0 Å². The molecule has 0 bridgehead atoms. The van der Waals surface area contributed by atoms with E-state index in [1.54, 1.807) is 0 Å². The summed E-state index contributed by atoms with van der Waals surface area (Å²) in [7, 11) is 0. The van der Waals surface area contributed by atoms with Crippen LogP contribution in [0.25, 0.3) is 0 Å². The van der Waals surface area contributed by atoms with E-state index in [1.165, 1.54) is 12.1 Å². The van der Waals surface area contributed by atoms with Gasteiger partial charge in [0.25, 0.3) is 0 Å². The number of nitrogens with one attached hydrogen (secondary N) is 1. The molecule has 0 radical (unpaired) electrons. The SMILES string of the molecule is O=C(O)C(NC1CCCC1)c1ccc(Cl)cc1F. The van der Waals surface area contributed by atoms with Crippen LogP contribution >= 0.6 is 11.6 Å². The fourth-order valence-electron chi connectivity index (χ4n) is 2.36. The van der Waals surface area contributed by atoms with Gasteiger partial charge in [-0.2, -0.15) is 0 Å². The van der Waals surface area contributed by atoms with Gasteiger partial charge in [0, 0.05) is 16.6 Å². The molecule has 1 fully saturated rings. The van der Waals surface area contributed by atoms with E-state index in [0.29, 0.717) is 0 Å². The Morgan fingerprint density at radius 3 is 2.67 bits per heavy atom. The zero-order valence-corrected chi connectivity index (χ0v) is 10.6. The van der Waals surface area contributed by atoms with E-state index in [4.69, 9.17) is 11.6 Å². The molecule has 1 aliphatic carbocycles. The van der Waals surface area contributed by atoms with Crippen LogP contribution in [0.2, 0.25) is 5.02 Å². The summed E-state index contributed by atoms with van der Waals surface area (Å²) in [6.07, 6.45) is 4.07. The average Bonchev–Trinajstić information content (AvgIpc) is 2.79. The van der Waals surface area contributed by atoms with Crippen LogP contribution in [0, 0.1) is 5.82 Å². The van der Waals surface area contributed by atoms with E-state index in [-0.39, 0.29) is 16.6 Å². The van der Waals surface area contributed by atoms with E-state index < -0.39 is 17.8 Å². The predicted molar refractivity (Wildman–Crippen MR) is 67.2 cm³/mol. The number of halogens is 2. The topological polar surface area (TPSA) is 49.3 Å². The van der Waals surface area contributed by atoms with E-state index in [1.807, 2.05) is 0 Å². The number of carboxylic acid groups (broad SMARTS) is 1. The molecule has 0 heterocycles. The molecule has 2 N–H and O–H groups in total. The third-order valence-electron chi connectivity index (χ3n) is 3.28. The number of carbonyl (C=O) groups is 1. The summed E-state index contributed by atoms with van der Waals surface area (Å²) in [4.78, 5) is 11.3. The summed E-state index contributed by atoms with van der Waals surface area (Å²) in [6.45, 7) is 0. The van der Waals surface area contributed by atoms with Crippen molar-refractivity contribution in [2.45, 2.75) is 37.8 Å². The average molecular weight is 272 g/mol. The Kier molecular flexibility index (Phi) is 4.19. The summed E-state index contributed by atoms with van der Waals surface area (Å²) in [5.41, 5.74) is 0.138. The predicted octanol–water partition coefficient (Wildman–Crippen LogP) is 3.14. The third kappa shape index (κ3) is 3.00. The molecule has 98 valence electrons. The molecule has 1 saturated carbocycles. The van der Waals surface area contributed by atoms with Crippen LogP contribution in [0.15, 0.2) is 18.2 Å². The minimum Gasteiger partial charge on any atom is -0.480 e. The molecule has 1 aromatic carbocycles. The summed E-state index contributed by atoms with van der Waals surface area (Å²) < 4.78 is 13.7. The van der Waals surface area contributed by atoms with Crippen LogP contribution in [0.4, 0.5) is 4.39 Å². The molecular formula is C13H15ClFNO2. The molecule has 3 nitrogen and oxygen atoms in total. The van der Waals surface area contributed by atoms with Crippen molar-refractivity contribution >= 4 is 17.6 Å². The van der Waals surface area contributed by atoms with Crippen LogP contribution in [0.3, 0.4) is 0 Å². The second kappa shape index (κ2) is 5.67. The highest BCUT2D eigenvalue weighted by Gasteiger charge is 2.27. The number of carboxylic acids is 1. The molecule has 5 heteroatoms. The Balaban J connectivity index is 2.20. The van der Waals surface area contributed by atoms with Crippen molar-refractivity contribution in [3.05, 3.63) is 34.6 Å². The van der Waals surface area contributed by atoms with Gasteiger partial charge in [-0.1, -0.05) is 30.5 Å². The van der Waals surface area contributed by atoms with Crippen LogP contribution in [0.5, 0.6) is 0 Å². The first-order valence-electron chi connectivity index (χ1n) is 6.01. The Labute approximate surface area is 110 Å². The Morgan fingerprint density at radius 1 is 1.44 bits per heavy atom. The zero-order chi connectivity index (χ0) is 13.1. The van der Waals surface area contributed by atoms with Crippen LogP contribution in [0.1, 0.15) is 37.3 Å². The summed E-state index contributed by atoms with van der Waals surface area (Å²) in [6, 6.07) is 3.22. The zero-order valence-electron chi connectivity index (χ0n) is 9.83. The van der Waals surface area contributed by atoms with Crippen molar-refractivity contribution < 1.29 is 14.3 Å². The van der Waals surface area contributed by atoms with Gasteiger partial charge in [-0.05, 0) is 25.0 Å². The molecule has 1 atom stereocenters. The van der Waals surface area contributed by atoms with Gasteiger partial charge in [-0.15, -0.1) is 0 Å². The smallest absolute Gasteiger partial charge is 0.325 e. The molecule has 2 rings (SSSR count). The highest BCUT2D eigenvalue weighted by molar-refractivity contribution is 6.30. The van der Waals surface area contributed by atoms with Gasteiger partial charge >= 0.3 is 5.97 Å². The van der Waals surface area contributed by atoms with Crippen LogP contribution in [-0.4, -0.2) is 17.1 Å². The lowest BCUT2D eigenvalue weighted by Gasteiger charge is -2.20. The van der Waals surface area contributed by atoms with Gasteiger partial charge in [-0.3, -0.25) is 10.1 Å². The first-order valence-corrected chi connectivity index (χ1v) is 6.39. The molecular weight excluding hydrogens is 257 g/mol. The summed E-state index contributed by atoms with van der Waals surface area (Å²) >= 11 is 5.66. The molecule has 0 aromatic heterocycles. The number of aliphatic carboxylic acids is 1. The van der Waals surface area contributed by atoms with Gasteiger partial charge in [0.15, 0.2) is 0 Å². The summed E-state index contributed by atoms with van der Waals surface area (Å²) in [5.74, 6) is -1.65. The highest BCUT2D eigenvalue weighted by atomic mass is 35.5. The van der Waals surface area contributed by atoms with Crippen molar-refractivity contribution in [2.24, 2.45) is 0 Å². The molecule has 0 aliphatic heterocycles. The number of hydrogen-bond donors (Lipinski definition) is 2. The van der Waals surface area contributed by atoms with Crippen molar-refractivity contribution in [2.75, 3.05) is 0 Å². The van der Waals surface area contributed by atoms with E-state index in [2.05, 4.69) is 5.32 Å². The lowest BCUT2D eigenvalue weighted by atomic mass is 10.0. The third-order valence-corrected chi connectivity index (χ3v) is 3.51. The molecule has 0 saturated heterocycles. The first kappa shape index (κ1) is 13.3. The van der Waals surface area contributed by atoms with Crippen molar-refractivity contribution in [1.82, 2.24) is 5.32 Å². The maximum atomic E-state index is 13.7. The molecule has 1 unspecified atom stereocenters. The van der Waals surface area contributed by atoms with Crippen LogP contribution < -0.4 is 5.32 Å². The molecule has 0 amide bonds. The van der Waals surface area contributed by atoms with Gasteiger partial charge < -0.3 is 5.11 Å². The quantitative estimate of drug-likeness (QED) is 0.884. The van der Waals surface area contributed by atoms with Gasteiger partial charge in [0.1, 0.15) is 11.9 Å². The second-order valence-corrected chi connectivity index (χ2v) is 5.02. The van der Waals surface area contributed by atoms with Crippen molar-refractivity contribution in [1.29, 1.82) is 0 Å². The van der Waals surface area contributed by atoms with Crippen LogP contribution in [-0.2, 0) is 4.79 Å². The molecule has 1 aliphatic rings. The lowest BCUT2D eigenvalue weighted by Crippen LogP contribution is -2.36. The van der Waals surface area contributed by atoms with Gasteiger partial charge in [0.05, 0.1) is 0 Å². The highest BCUT2D eigenvalue weighted by Crippen LogP contribution is 2.25. The first-order chi connectivity index (χ1) is 8.58. The summed E-state index contributed by atoms with van der Waals surface area (Å²) in [5, 5.41) is 12.5. The van der Waals surface area contributed by atoms with Gasteiger partial charge in [-0.25, -0.2) is 4.39 Å². The monoisotopic (exact) mass is 271 g/mol. The number of rotatable bonds is 4. The maximum Gasteiger partial charge on any atom is 0.325 e. The van der Waals surface area contributed by atoms with Crippen molar-refractivity contribution in [3.8, 4) is 0 Å². The lowest BCUT2D eigenvalue weighted by molar-refractivity contribution is -0.140. The Hall–Kier alpha value is -1.13. The minimum atomic E-state index is -1.07. The molecule has 0 spiro atoms. The van der Waals surface area contributed by atoms with E-state index in [9.17, 15) is 14.3 Å². The minimum absolute atomic E-state index is 0.138. The standard InChI is InChI=1S/C13H15ClFNO2/c14-8-5-6-10(11(15)7-8)12(13(17)18)16-9-3-1-2-4-9/h5-7,9,12,16H,1-4H2,(H,17,18). The molecule has 1 aromatic rings. The molecule has 18 heavy (non-hydrogen) atoms. The second-order valence-electron chi connectivity index (χ2n) is 4.59. The number of benzene rings is 1. The Bertz CT molecular complexity index is 447. The fraction of sp³-hybridized carbons (Fsp3) is 0.462.